The summed E-state index contributed by atoms with van der Waals surface area (Å²) in [7, 11) is 0. The van der Waals surface area contributed by atoms with Crippen molar-refractivity contribution in [2.24, 2.45) is 0 Å². The van der Waals surface area contributed by atoms with Crippen LogP contribution in [-0.2, 0) is 16.1 Å². The fraction of sp³-hybridized carbons (Fsp3) is 0.280. The molecule has 0 aliphatic carbocycles. The highest BCUT2D eigenvalue weighted by atomic mass is 35.5. The number of hydrogen-bond acceptors (Lipinski definition) is 3. The standard InChI is InChI=1S/C25H26Cl2N2O3/c1-3-22(25(31)28-4-2)29(15-17-12-13-20(26)21(27)14-17)24(30)16-32-23-11-7-9-18-8-5-6-10-19(18)23/h5-14,22H,3-4,15-16H2,1-2H3,(H,28,31). The first-order chi connectivity index (χ1) is 15.4. The van der Waals surface area contributed by atoms with Gasteiger partial charge in [0.2, 0.25) is 5.91 Å². The molecule has 5 nitrogen and oxygen atoms in total. The van der Waals surface area contributed by atoms with Crippen molar-refractivity contribution in [3.05, 3.63) is 76.3 Å². The molecule has 3 rings (SSSR count). The molecule has 0 bridgehead atoms. The van der Waals surface area contributed by atoms with Gasteiger partial charge in [-0.25, -0.2) is 0 Å². The SMILES string of the molecule is CCNC(=O)C(CC)N(Cc1ccc(Cl)c(Cl)c1)C(=O)COc1cccc2ccccc12. The highest BCUT2D eigenvalue weighted by molar-refractivity contribution is 6.42. The van der Waals surface area contributed by atoms with E-state index in [1.54, 1.807) is 18.2 Å². The van der Waals surface area contributed by atoms with E-state index in [1.165, 1.54) is 4.90 Å². The molecule has 0 radical (unpaired) electrons. The van der Waals surface area contributed by atoms with Crippen LogP contribution in [0.2, 0.25) is 10.0 Å². The maximum absolute atomic E-state index is 13.3. The molecule has 1 atom stereocenters. The fourth-order valence-electron chi connectivity index (χ4n) is 3.59. The summed E-state index contributed by atoms with van der Waals surface area (Å²) in [4.78, 5) is 27.5. The number of hydrogen-bond donors (Lipinski definition) is 1. The number of rotatable bonds is 9. The summed E-state index contributed by atoms with van der Waals surface area (Å²) >= 11 is 12.2. The van der Waals surface area contributed by atoms with E-state index in [9.17, 15) is 9.59 Å². The van der Waals surface area contributed by atoms with Gasteiger partial charge >= 0.3 is 0 Å². The van der Waals surface area contributed by atoms with E-state index in [0.717, 1.165) is 16.3 Å². The molecule has 168 valence electrons. The van der Waals surface area contributed by atoms with Gasteiger partial charge in [-0.1, -0.05) is 72.6 Å². The van der Waals surface area contributed by atoms with Gasteiger partial charge in [-0.05, 0) is 42.5 Å². The Kier molecular flexibility index (Phi) is 8.37. The van der Waals surface area contributed by atoms with E-state index in [0.29, 0.717) is 28.8 Å². The lowest BCUT2D eigenvalue weighted by Gasteiger charge is -2.30. The number of ether oxygens (including phenoxy) is 1. The molecule has 0 aromatic heterocycles. The molecule has 0 aliphatic heterocycles. The van der Waals surface area contributed by atoms with Crippen LogP contribution in [0.3, 0.4) is 0 Å². The Morgan fingerprint density at radius 3 is 2.47 bits per heavy atom. The number of fused-ring (bicyclic) bond motifs is 1. The highest BCUT2D eigenvalue weighted by Crippen LogP contribution is 2.26. The first kappa shape index (κ1) is 23.9. The van der Waals surface area contributed by atoms with Gasteiger partial charge in [0, 0.05) is 18.5 Å². The van der Waals surface area contributed by atoms with Crippen LogP contribution in [0.4, 0.5) is 0 Å². The Hall–Kier alpha value is -2.76. The molecular formula is C25H26Cl2N2O3. The van der Waals surface area contributed by atoms with Crippen molar-refractivity contribution in [2.45, 2.75) is 32.9 Å². The van der Waals surface area contributed by atoms with E-state index in [-0.39, 0.29) is 25.0 Å². The lowest BCUT2D eigenvalue weighted by atomic mass is 10.1. The minimum absolute atomic E-state index is 0.189. The van der Waals surface area contributed by atoms with E-state index in [4.69, 9.17) is 27.9 Å². The van der Waals surface area contributed by atoms with E-state index in [1.807, 2.05) is 56.3 Å². The Bertz CT molecular complexity index is 1100. The fourth-order valence-corrected chi connectivity index (χ4v) is 3.91. The molecule has 2 amide bonds. The molecule has 0 fully saturated rings. The summed E-state index contributed by atoms with van der Waals surface area (Å²) in [5.74, 6) is 0.132. The molecule has 0 saturated heterocycles. The van der Waals surface area contributed by atoms with Crippen LogP contribution in [-0.4, -0.2) is 35.9 Å². The van der Waals surface area contributed by atoms with Crippen molar-refractivity contribution < 1.29 is 14.3 Å². The molecule has 3 aromatic rings. The number of amides is 2. The summed E-state index contributed by atoms with van der Waals surface area (Å²) in [6.07, 6.45) is 0.465. The smallest absolute Gasteiger partial charge is 0.261 e. The van der Waals surface area contributed by atoms with Gasteiger partial charge in [0.05, 0.1) is 10.0 Å². The zero-order valence-electron chi connectivity index (χ0n) is 18.1. The van der Waals surface area contributed by atoms with Crippen molar-refractivity contribution in [1.29, 1.82) is 0 Å². The third-order valence-electron chi connectivity index (χ3n) is 5.17. The van der Waals surface area contributed by atoms with E-state index in [2.05, 4.69) is 5.32 Å². The summed E-state index contributed by atoms with van der Waals surface area (Å²) in [5.41, 5.74) is 0.778. The number of nitrogens with one attached hydrogen (secondary N) is 1. The lowest BCUT2D eigenvalue weighted by molar-refractivity contribution is -0.142. The number of benzene rings is 3. The van der Waals surface area contributed by atoms with Crippen LogP contribution in [0, 0.1) is 0 Å². The zero-order valence-corrected chi connectivity index (χ0v) is 19.6. The predicted molar refractivity (Wildman–Crippen MR) is 129 cm³/mol. The molecule has 0 saturated carbocycles. The van der Waals surface area contributed by atoms with Crippen molar-refractivity contribution in [3.63, 3.8) is 0 Å². The van der Waals surface area contributed by atoms with Crippen LogP contribution < -0.4 is 10.1 Å². The molecule has 1 N–H and O–H groups in total. The summed E-state index contributed by atoms with van der Waals surface area (Å²) in [6, 6.07) is 18.1. The van der Waals surface area contributed by atoms with Crippen LogP contribution in [0.1, 0.15) is 25.8 Å². The van der Waals surface area contributed by atoms with Gasteiger partial charge in [-0.15, -0.1) is 0 Å². The van der Waals surface area contributed by atoms with E-state index < -0.39 is 6.04 Å². The maximum atomic E-state index is 13.3. The van der Waals surface area contributed by atoms with Gasteiger partial charge in [-0.2, -0.15) is 0 Å². The second-order valence-electron chi connectivity index (χ2n) is 7.35. The number of nitrogens with zero attached hydrogens (tertiary/aromatic N) is 1. The Labute approximate surface area is 198 Å². The average Bonchev–Trinajstić information content (AvgIpc) is 2.79. The van der Waals surface area contributed by atoms with Crippen molar-refractivity contribution >= 4 is 45.8 Å². The Balaban J connectivity index is 1.84. The van der Waals surface area contributed by atoms with Gasteiger partial charge in [0.15, 0.2) is 6.61 Å². The molecular weight excluding hydrogens is 447 g/mol. The maximum Gasteiger partial charge on any atom is 0.261 e. The molecule has 1 unspecified atom stereocenters. The minimum Gasteiger partial charge on any atom is -0.483 e. The Morgan fingerprint density at radius 1 is 1.00 bits per heavy atom. The van der Waals surface area contributed by atoms with Crippen LogP contribution in [0.25, 0.3) is 10.8 Å². The van der Waals surface area contributed by atoms with Crippen LogP contribution in [0.5, 0.6) is 5.75 Å². The van der Waals surface area contributed by atoms with Gasteiger partial charge in [0.25, 0.3) is 5.91 Å². The topological polar surface area (TPSA) is 58.6 Å². The van der Waals surface area contributed by atoms with Gasteiger partial charge < -0.3 is 15.0 Å². The summed E-state index contributed by atoms with van der Waals surface area (Å²) < 4.78 is 5.91. The Morgan fingerprint density at radius 2 is 1.75 bits per heavy atom. The normalized spacial score (nSPS) is 11.8. The minimum atomic E-state index is -0.631. The molecule has 32 heavy (non-hydrogen) atoms. The summed E-state index contributed by atoms with van der Waals surface area (Å²) in [5, 5.41) is 5.60. The first-order valence-electron chi connectivity index (χ1n) is 10.6. The zero-order chi connectivity index (χ0) is 23.1. The number of carbonyl (C=O) groups excluding carboxylic acids is 2. The average molecular weight is 473 g/mol. The summed E-state index contributed by atoms with van der Waals surface area (Å²) in [6.45, 7) is 4.23. The highest BCUT2D eigenvalue weighted by Gasteiger charge is 2.28. The second-order valence-corrected chi connectivity index (χ2v) is 8.17. The van der Waals surface area contributed by atoms with Crippen LogP contribution >= 0.6 is 23.2 Å². The van der Waals surface area contributed by atoms with Crippen molar-refractivity contribution in [1.82, 2.24) is 10.2 Å². The monoisotopic (exact) mass is 472 g/mol. The number of halogens is 2. The number of likely N-dealkylation sites (N-methyl/N-ethyl adjacent to an activating group) is 1. The largest absolute Gasteiger partial charge is 0.483 e. The van der Waals surface area contributed by atoms with Crippen molar-refractivity contribution in [2.75, 3.05) is 13.2 Å². The quantitative estimate of drug-likeness (QED) is 0.449. The van der Waals surface area contributed by atoms with E-state index >= 15 is 0 Å². The number of carbonyl (C=O) groups is 2. The molecule has 7 heteroatoms. The van der Waals surface area contributed by atoms with Crippen molar-refractivity contribution in [3.8, 4) is 5.75 Å². The third kappa shape index (κ3) is 5.72. The van der Waals surface area contributed by atoms with Gasteiger partial charge in [0.1, 0.15) is 11.8 Å². The third-order valence-corrected chi connectivity index (χ3v) is 5.91. The van der Waals surface area contributed by atoms with Crippen LogP contribution in [0.15, 0.2) is 60.7 Å². The second kappa shape index (κ2) is 11.2. The molecule has 0 aliphatic rings. The molecule has 0 heterocycles. The first-order valence-corrected chi connectivity index (χ1v) is 11.3. The van der Waals surface area contributed by atoms with Gasteiger partial charge in [-0.3, -0.25) is 9.59 Å². The lowest BCUT2D eigenvalue weighted by Crippen LogP contribution is -2.50. The predicted octanol–water partition coefficient (Wildman–Crippen LogP) is 5.47. The molecule has 3 aromatic carbocycles. The molecule has 0 spiro atoms.